The van der Waals surface area contributed by atoms with Crippen LogP contribution in [0.15, 0.2) is 24.3 Å². The number of nitrogens with zero attached hydrogens (tertiary/aromatic N) is 1. The lowest BCUT2D eigenvalue weighted by atomic mass is 10.1. The number of hydrogen-bond acceptors (Lipinski definition) is 2. The molecule has 1 N–H and O–H groups in total. The third-order valence-corrected chi connectivity index (χ3v) is 3.49. The minimum Gasteiger partial charge on any atom is -0.342 e. The van der Waals surface area contributed by atoms with E-state index in [-0.39, 0.29) is 5.91 Å². The number of amides is 1. The summed E-state index contributed by atoms with van der Waals surface area (Å²) in [6.07, 6.45) is 3.22. The first-order valence-electron chi connectivity index (χ1n) is 6.48. The van der Waals surface area contributed by atoms with E-state index in [0.29, 0.717) is 6.54 Å². The monoisotopic (exact) mass is 266 g/mol. The molecular formula is C14H19ClN2O. The van der Waals surface area contributed by atoms with Gasteiger partial charge in [-0.05, 0) is 43.5 Å². The fraction of sp³-hybridized carbons (Fsp3) is 0.500. The Morgan fingerprint density at radius 3 is 2.56 bits per heavy atom. The molecule has 1 aliphatic heterocycles. The first-order chi connectivity index (χ1) is 8.75. The average molecular weight is 267 g/mol. The van der Waals surface area contributed by atoms with E-state index in [1.165, 1.54) is 5.56 Å². The molecule has 18 heavy (non-hydrogen) atoms. The second kappa shape index (κ2) is 6.76. The maximum Gasteiger partial charge on any atom is 0.236 e. The topological polar surface area (TPSA) is 32.3 Å². The molecule has 1 aliphatic rings. The van der Waals surface area contributed by atoms with Crippen LogP contribution in [0.25, 0.3) is 0 Å². The molecule has 1 aromatic rings. The largest absolute Gasteiger partial charge is 0.342 e. The van der Waals surface area contributed by atoms with E-state index in [4.69, 9.17) is 11.6 Å². The molecule has 1 fully saturated rings. The van der Waals surface area contributed by atoms with Crippen LogP contribution in [0.4, 0.5) is 0 Å². The Hall–Kier alpha value is -1.06. The number of rotatable bonds is 5. The fourth-order valence-corrected chi connectivity index (χ4v) is 2.28. The van der Waals surface area contributed by atoms with Crippen LogP contribution in [0.1, 0.15) is 18.4 Å². The number of carbonyl (C=O) groups excluding carboxylic acids is 1. The van der Waals surface area contributed by atoms with Gasteiger partial charge in [0, 0.05) is 18.1 Å². The highest BCUT2D eigenvalue weighted by Gasteiger charge is 2.16. The van der Waals surface area contributed by atoms with Crippen LogP contribution >= 0.6 is 11.6 Å². The molecular weight excluding hydrogens is 248 g/mol. The summed E-state index contributed by atoms with van der Waals surface area (Å²) in [4.78, 5) is 13.7. The van der Waals surface area contributed by atoms with Gasteiger partial charge in [0.1, 0.15) is 0 Å². The highest BCUT2D eigenvalue weighted by Crippen LogP contribution is 2.09. The average Bonchev–Trinajstić information content (AvgIpc) is 2.90. The van der Waals surface area contributed by atoms with Crippen molar-refractivity contribution in [2.75, 3.05) is 26.2 Å². The second-order valence-electron chi connectivity index (χ2n) is 4.64. The smallest absolute Gasteiger partial charge is 0.236 e. The van der Waals surface area contributed by atoms with Crippen molar-refractivity contribution < 1.29 is 4.79 Å². The van der Waals surface area contributed by atoms with E-state index in [2.05, 4.69) is 5.32 Å². The Morgan fingerprint density at radius 2 is 1.89 bits per heavy atom. The van der Waals surface area contributed by atoms with Crippen LogP contribution in [0.5, 0.6) is 0 Å². The van der Waals surface area contributed by atoms with Crippen molar-refractivity contribution in [2.45, 2.75) is 19.3 Å². The number of hydrogen-bond donors (Lipinski definition) is 1. The quantitative estimate of drug-likeness (QED) is 0.828. The summed E-state index contributed by atoms with van der Waals surface area (Å²) in [5.41, 5.74) is 1.24. The summed E-state index contributed by atoms with van der Waals surface area (Å²) in [7, 11) is 0. The summed E-state index contributed by atoms with van der Waals surface area (Å²) < 4.78 is 0. The number of halogens is 1. The summed E-state index contributed by atoms with van der Waals surface area (Å²) in [5.74, 6) is 0.226. The number of carbonyl (C=O) groups is 1. The van der Waals surface area contributed by atoms with Gasteiger partial charge < -0.3 is 10.2 Å². The molecule has 1 amide bonds. The Morgan fingerprint density at radius 1 is 1.22 bits per heavy atom. The van der Waals surface area contributed by atoms with Gasteiger partial charge in [0.2, 0.25) is 5.91 Å². The highest BCUT2D eigenvalue weighted by molar-refractivity contribution is 6.30. The van der Waals surface area contributed by atoms with Crippen LogP contribution in [0.2, 0.25) is 5.02 Å². The predicted molar refractivity (Wildman–Crippen MR) is 73.8 cm³/mol. The van der Waals surface area contributed by atoms with Crippen molar-refractivity contribution in [1.29, 1.82) is 0 Å². The lowest BCUT2D eigenvalue weighted by Gasteiger charge is -2.15. The van der Waals surface area contributed by atoms with E-state index in [1.54, 1.807) is 0 Å². The van der Waals surface area contributed by atoms with E-state index < -0.39 is 0 Å². The molecule has 0 bridgehead atoms. The molecule has 1 saturated heterocycles. The van der Waals surface area contributed by atoms with Crippen molar-refractivity contribution in [3.8, 4) is 0 Å². The van der Waals surface area contributed by atoms with E-state index in [1.807, 2.05) is 29.2 Å². The van der Waals surface area contributed by atoms with Crippen molar-refractivity contribution in [3.63, 3.8) is 0 Å². The molecule has 0 spiro atoms. The van der Waals surface area contributed by atoms with Crippen molar-refractivity contribution in [1.82, 2.24) is 10.2 Å². The first kappa shape index (κ1) is 13.4. The number of benzene rings is 1. The lowest BCUT2D eigenvalue weighted by Crippen LogP contribution is -2.36. The molecule has 0 saturated carbocycles. The molecule has 0 aromatic heterocycles. The van der Waals surface area contributed by atoms with Crippen LogP contribution < -0.4 is 5.32 Å². The molecule has 3 nitrogen and oxygen atoms in total. The summed E-state index contributed by atoms with van der Waals surface area (Å²) in [6.45, 7) is 3.13. The second-order valence-corrected chi connectivity index (χ2v) is 5.08. The summed E-state index contributed by atoms with van der Waals surface area (Å²) in [6, 6.07) is 7.83. The molecule has 0 radical (unpaired) electrons. The summed E-state index contributed by atoms with van der Waals surface area (Å²) in [5, 5.41) is 3.96. The Kier molecular flexibility index (Phi) is 5.02. The molecule has 2 rings (SSSR count). The first-order valence-corrected chi connectivity index (χ1v) is 6.86. The molecule has 0 unspecified atom stereocenters. The lowest BCUT2D eigenvalue weighted by molar-refractivity contribution is -0.129. The van der Waals surface area contributed by atoms with Gasteiger partial charge in [-0.1, -0.05) is 23.7 Å². The van der Waals surface area contributed by atoms with Gasteiger partial charge in [-0.15, -0.1) is 0 Å². The van der Waals surface area contributed by atoms with Gasteiger partial charge in [-0.2, -0.15) is 0 Å². The number of likely N-dealkylation sites (tertiary alicyclic amines) is 1. The third-order valence-electron chi connectivity index (χ3n) is 3.24. The molecule has 0 atom stereocenters. The van der Waals surface area contributed by atoms with Crippen molar-refractivity contribution in [2.24, 2.45) is 0 Å². The minimum atomic E-state index is 0.226. The Bertz CT molecular complexity index is 385. The van der Waals surface area contributed by atoms with Crippen LogP contribution in [-0.4, -0.2) is 37.0 Å². The molecule has 1 aromatic carbocycles. The van der Waals surface area contributed by atoms with E-state index in [9.17, 15) is 4.79 Å². The SMILES string of the molecule is O=C(CNCCc1ccc(Cl)cc1)N1CCCC1. The van der Waals surface area contributed by atoms with Crippen molar-refractivity contribution >= 4 is 17.5 Å². The maximum atomic E-state index is 11.7. The van der Waals surface area contributed by atoms with Gasteiger partial charge >= 0.3 is 0 Å². The Labute approximate surface area is 113 Å². The van der Waals surface area contributed by atoms with Gasteiger partial charge in [-0.3, -0.25) is 4.79 Å². The normalized spacial score (nSPS) is 15.1. The standard InChI is InChI=1S/C14H19ClN2O/c15-13-5-3-12(4-6-13)7-8-16-11-14(18)17-9-1-2-10-17/h3-6,16H,1-2,7-11H2. The van der Waals surface area contributed by atoms with Crippen molar-refractivity contribution in [3.05, 3.63) is 34.9 Å². The molecule has 98 valence electrons. The highest BCUT2D eigenvalue weighted by atomic mass is 35.5. The fourth-order valence-electron chi connectivity index (χ4n) is 2.16. The van der Waals surface area contributed by atoms with E-state index >= 15 is 0 Å². The van der Waals surface area contributed by atoms with Gasteiger partial charge in [0.25, 0.3) is 0 Å². The van der Waals surface area contributed by atoms with E-state index in [0.717, 1.165) is 43.9 Å². The molecule has 0 aliphatic carbocycles. The maximum absolute atomic E-state index is 11.7. The summed E-state index contributed by atoms with van der Waals surface area (Å²) >= 11 is 5.82. The van der Waals surface area contributed by atoms with Crippen LogP contribution in [-0.2, 0) is 11.2 Å². The number of nitrogens with one attached hydrogen (secondary N) is 1. The molecule has 1 heterocycles. The minimum absolute atomic E-state index is 0.226. The molecule has 4 heteroatoms. The van der Waals surface area contributed by atoms with Gasteiger partial charge in [-0.25, -0.2) is 0 Å². The Balaban J connectivity index is 1.63. The predicted octanol–water partition coefficient (Wildman–Crippen LogP) is 2.09. The zero-order valence-corrected chi connectivity index (χ0v) is 11.2. The van der Waals surface area contributed by atoms with Gasteiger partial charge in [0.05, 0.1) is 6.54 Å². The third kappa shape index (κ3) is 4.00. The zero-order valence-electron chi connectivity index (χ0n) is 10.5. The van der Waals surface area contributed by atoms with Gasteiger partial charge in [0.15, 0.2) is 0 Å². The van der Waals surface area contributed by atoms with Crippen LogP contribution in [0.3, 0.4) is 0 Å². The van der Waals surface area contributed by atoms with Crippen LogP contribution in [0, 0.1) is 0 Å². The zero-order chi connectivity index (χ0) is 12.8.